The van der Waals surface area contributed by atoms with Crippen molar-refractivity contribution in [2.75, 3.05) is 0 Å². The lowest BCUT2D eigenvalue weighted by Crippen LogP contribution is -2.54. The van der Waals surface area contributed by atoms with Crippen molar-refractivity contribution in [2.45, 2.75) is 42.0 Å². The molecule has 0 aliphatic carbocycles. The highest BCUT2D eigenvalue weighted by Gasteiger charge is 2.57. The van der Waals surface area contributed by atoms with Crippen molar-refractivity contribution in [2.24, 2.45) is 0 Å². The molecule has 3 heterocycles. The Hall–Kier alpha value is -1.17. The van der Waals surface area contributed by atoms with Gasteiger partial charge in [-0.05, 0) is 25.0 Å². The van der Waals surface area contributed by atoms with E-state index in [0.29, 0.717) is 4.90 Å². The van der Waals surface area contributed by atoms with Crippen molar-refractivity contribution in [1.82, 2.24) is 4.31 Å². The van der Waals surface area contributed by atoms with E-state index in [1.54, 1.807) is 28.6 Å². The fourth-order valence-electron chi connectivity index (χ4n) is 3.26. The van der Waals surface area contributed by atoms with Crippen LogP contribution in [0, 0.1) is 0 Å². The molecule has 3 aliphatic rings. The summed E-state index contributed by atoms with van der Waals surface area (Å²) in [6.45, 7) is 0. The molecular weight excluding hydrogens is 262 g/mol. The second kappa shape index (κ2) is 3.91. The predicted molar refractivity (Wildman–Crippen MR) is 70.1 cm³/mol. The predicted octanol–water partition coefficient (Wildman–Crippen LogP) is 1.55. The molecule has 4 nitrogen and oxygen atoms in total. The number of piperidine rings is 1. The largest absolute Gasteiger partial charge is 0.368 e. The molecule has 3 aliphatic heterocycles. The molecule has 0 unspecified atom stereocenters. The summed E-state index contributed by atoms with van der Waals surface area (Å²) in [5, 5.41) is 0. The summed E-state index contributed by atoms with van der Waals surface area (Å²) in [6, 6.07) is 8.60. The summed E-state index contributed by atoms with van der Waals surface area (Å²) < 4.78 is 32.9. The highest BCUT2D eigenvalue weighted by atomic mass is 32.2. The zero-order valence-corrected chi connectivity index (χ0v) is 11.2. The second-order valence-corrected chi connectivity index (χ2v) is 7.16. The molecule has 100 valence electrons. The standard InChI is InChI=1S/C14H15NO3S/c16-19(17,11-6-2-1-3-7-11)15-10-5-4-8-12(15)14-13(9-10)18-14/h1-7,10,12-14H,8-9H2/t10-,12+,13+,14-/m1/s1. The number of rotatable bonds is 2. The number of ether oxygens (including phenoxy) is 1. The third kappa shape index (κ3) is 1.69. The van der Waals surface area contributed by atoms with Crippen LogP contribution >= 0.6 is 0 Å². The molecule has 2 fully saturated rings. The number of benzene rings is 1. The monoisotopic (exact) mass is 277 g/mol. The molecule has 1 aromatic rings. The Kier molecular flexibility index (Phi) is 2.40. The van der Waals surface area contributed by atoms with Gasteiger partial charge in [-0.25, -0.2) is 8.42 Å². The van der Waals surface area contributed by atoms with Gasteiger partial charge in [0.15, 0.2) is 0 Å². The van der Waals surface area contributed by atoms with Gasteiger partial charge in [-0.15, -0.1) is 0 Å². The summed E-state index contributed by atoms with van der Waals surface area (Å²) in [5.74, 6) is 0. The molecule has 4 atom stereocenters. The van der Waals surface area contributed by atoms with Crippen LogP contribution in [0.25, 0.3) is 0 Å². The summed E-state index contributed by atoms with van der Waals surface area (Å²) in [4.78, 5) is 0.374. The quantitative estimate of drug-likeness (QED) is 0.608. The van der Waals surface area contributed by atoms with E-state index >= 15 is 0 Å². The van der Waals surface area contributed by atoms with Crippen LogP contribution in [0.2, 0.25) is 0 Å². The third-order valence-electron chi connectivity index (χ3n) is 4.18. The van der Waals surface area contributed by atoms with Gasteiger partial charge in [0.2, 0.25) is 10.0 Å². The molecule has 0 radical (unpaired) electrons. The third-order valence-corrected chi connectivity index (χ3v) is 6.15. The van der Waals surface area contributed by atoms with E-state index in [-0.39, 0.29) is 24.3 Å². The zero-order valence-electron chi connectivity index (χ0n) is 10.3. The summed E-state index contributed by atoms with van der Waals surface area (Å²) in [7, 11) is -3.43. The van der Waals surface area contributed by atoms with Gasteiger partial charge in [0.1, 0.15) is 6.10 Å². The molecule has 2 saturated heterocycles. The number of nitrogens with zero attached hydrogens (tertiary/aromatic N) is 1. The molecule has 0 spiro atoms. The molecule has 4 rings (SSSR count). The lowest BCUT2D eigenvalue weighted by Gasteiger charge is -2.39. The number of fused-ring (bicyclic) bond motifs is 4. The molecule has 0 N–H and O–H groups in total. The molecule has 0 amide bonds. The second-order valence-electron chi connectivity index (χ2n) is 5.32. The zero-order chi connectivity index (χ0) is 13.0. The lowest BCUT2D eigenvalue weighted by molar-refractivity contribution is 0.216. The Labute approximate surface area is 112 Å². The van der Waals surface area contributed by atoms with Gasteiger partial charge in [-0.2, -0.15) is 4.31 Å². The Balaban J connectivity index is 1.78. The number of hydrogen-bond donors (Lipinski definition) is 0. The molecule has 1 aromatic carbocycles. The minimum Gasteiger partial charge on any atom is -0.368 e. The van der Waals surface area contributed by atoms with E-state index in [4.69, 9.17) is 4.74 Å². The Morgan fingerprint density at radius 3 is 2.79 bits per heavy atom. The first kappa shape index (κ1) is 11.6. The van der Waals surface area contributed by atoms with Crippen molar-refractivity contribution < 1.29 is 13.2 Å². The fourth-order valence-corrected chi connectivity index (χ4v) is 5.08. The van der Waals surface area contributed by atoms with E-state index in [2.05, 4.69) is 6.08 Å². The minimum atomic E-state index is -3.43. The van der Waals surface area contributed by atoms with Crippen LogP contribution in [-0.2, 0) is 14.8 Å². The highest BCUT2D eigenvalue weighted by molar-refractivity contribution is 7.89. The van der Waals surface area contributed by atoms with Crippen LogP contribution in [0.1, 0.15) is 12.8 Å². The van der Waals surface area contributed by atoms with E-state index in [1.807, 2.05) is 12.1 Å². The Bertz CT molecular complexity index is 625. The first-order chi connectivity index (χ1) is 9.18. The number of sulfonamides is 1. The maximum Gasteiger partial charge on any atom is 0.243 e. The van der Waals surface area contributed by atoms with Crippen LogP contribution in [0.15, 0.2) is 47.4 Å². The van der Waals surface area contributed by atoms with Crippen LogP contribution in [0.3, 0.4) is 0 Å². The number of hydrogen-bond acceptors (Lipinski definition) is 3. The highest BCUT2D eigenvalue weighted by Crippen LogP contribution is 2.44. The fraction of sp³-hybridized carbons (Fsp3) is 0.429. The van der Waals surface area contributed by atoms with Gasteiger partial charge in [0.25, 0.3) is 0 Å². The van der Waals surface area contributed by atoms with Gasteiger partial charge >= 0.3 is 0 Å². The molecule has 19 heavy (non-hydrogen) atoms. The molecule has 0 aromatic heterocycles. The van der Waals surface area contributed by atoms with E-state index < -0.39 is 10.0 Å². The van der Waals surface area contributed by atoms with Crippen LogP contribution in [-0.4, -0.2) is 37.0 Å². The summed E-state index contributed by atoms with van der Waals surface area (Å²) >= 11 is 0. The van der Waals surface area contributed by atoms with Gasteiger partial charge in [0, 0.05) is 6.04 Å². The van der Waals surface area contributed by atoms with Crippen molar-refractivity contribution in [3.8, 4) is 0 Å². The van der Waals surface area contributed by atoms with E-state index in [9.17, 15) is 8.42 Å². The maximum atomic E-state index is 12.8. The van der Waals surface area contributed by atoms with Gasteiger partial charge < -0.3 is 4.74 Å². The maximum absolute atomic E-state index is 12.8. The van der Waals surface area contributed by atoms with Crippen molar-refractivity contribution in [1.29, 1.82) is 0 Å². The van der Waals surface area contributed by atoms with Crippen LogP contribution in [0.5, 0.6) is 0 Å². The SMILES string of the molecule is O=S(=O)(c1ccccc1)N1[C@@H]2C=CC[C@H]1[C@H]1O[C@H]1C2. The molecule has 5 heteroatoms. The number of epoxide rings is 1. The average molecular weight is 277 g/mol. The van der Waals surface area contributed by atoms with Crippen LogP contribution < -0.4 is 0 Å². The smallest absolute Gasteiger partial charge is 0.243 e. The molecule has 0 saturated carbocycles. The van der Waals surface area contributed by atoms with Crippen molar-refractivity contribution in [3.63, 3.8) is 0 Å². The Morgan fingerprint density at radius 1 is 1.21 bits per heavy atom. The van der Waals surface area contributed by atoms with Gasteiger partial charge in [-0.3, -0.25) is 0 Å². The van der Waals surface area contributed by atoms with Crippen molar-refractivity contribution >= 4 is 10.0 Å². The average Bonchev–Trinajstić information content (AvgIpc) is 3.18. The van der Waals surface area contributed by atoms with Gasteiger partial charge in [-0.1, -0.05) is 30.4 Å². The molecule has 2 bridgehead atoms. The summed E-state index contributed by atoms with van der Waals surface area (Å²) in [6.07, 6.45) is 5.99. The van der Waals surface area contributed by atoms with E-state index in [1.165, 1.54) is 0 Å². The normalized spacial score (nSPS) is 36.8. The summed E-state index contributed by atoms with van der Waals surface area (Å²) in [5.41, 5.74) is 0. The van der Waals surface area contributed by atoms with Crippen LogP contribution in [0.4, 0.5) is 0 Å². The minimum absolute atomic E-state index is 0.0287. The Morgan fingerprint density at radius 2 is 2.00 bits per heavy atom. The van der Waals surface area contributed by atoms with Gasteiger partial charge in [0.05, 0.1) is 17.0 Å². The van der Waals surface area contributed by atoms with Crippen molar-refractivity contribution in [3.05, 3.63) is 42.5 Å². The lowest BCUT2D eigenvalue weighted by atomic mass is 9.92. The molecular formula is C14H15NO3S. The van der Waals surface area contributed by atoms with E-state index in [0.717, 1.165) is 12.8 Å². The first-order valence-electron chi connectivity index (χ1n) is 6.58. The first-order valence-corrected chi connectivity index (χ1v) is 8.02. The topological polar surface area (TPSA) is 49.9 Å².